The Morgan fingerprint density at radius 3 is 2.59 bits per heavy atom. The third kappa shape index (κ3) is 2.67. The van der Waals surface area contributed by atoms with Crippen LogP contribution in [0, 0.1) is 16.7 Å². The third-order valence-corrected chi connectivity index (χ3v) is 5.93. The fourth-order valence-corrected chi connectivity index (χ4v) is 3.78. The van der Waals surface area contributed by atoms with Gasteiger partial charge in [0.15, 0.2) is 0 Å². The lowest BCUT2D eigenvalue weighted by Crippen LogP contribution is -2.49. The average molecular weight is 325 g/mol. The van der Waals surface area contributed by atoms with Gasteiger partial charge in [-0.05, 0) is 18.3 Å². The first-order valence-electron chi connectivity index (χ1n) is 7.30. The zero-order valence-corrected chi connectivity index (χ0v) is 14.2. The van der Waals surface area contributed by atoms with Crippen LogP contribution in [0.3, 0.4) is 0 Å². The maximum absolute atomic E-state index is 12.7. The zero-order chi connectivity index (χ0) is 16.5. The molecule has 1 fully saturated rings. The van der Waals surface area contributed by atoms with E-state index in [1.165, 1.54) is 11.3 Å². The molecule has 1 aromatic rings. The molecule has 4 N–H and O–H groups in total. The maximum Gasteiger partial charge on any atom is 0.226 e. The van der Waals surface area contributed by atoms with Crippen molar-refractivity contribution in [2.75, 3.05) is 12.8 Å². The summed E-state index contributed by atoms with van der Waals surface area (Å²) in [4.78, 5) is 24.8. The number of rotatable bonds is 4. The van der Waals surface area contributed by atoms with Crippen molar-refractivity contribution in [2.24, 2.45) is 16.7 Å². The standard InChI is InChI=1S/C14H23N5O2S/c1-13(2)8(10(20)16-4)5-6-14(13,3)11(21)17-7-9-18-19-12(15)22-9/h8H,5-7H2,1-4H3,(H2,15,19)(H,16,20)(H,17,21)/t8-,14+/m1/s1. The summed E-state index contributed by atoms with van der Waals surface area (Å²) < 4.78 is 0. The van der Waals surface area contributed by atoms with Crippen LogP contribution in [0.5, 0.6) is 0 Å². The van der Waals surface area contributed by atoms with Crippen LogP contribution < -0.4 is 16.4 Å². The molecule has 2 rings (SSSR count). The lowest BCUT2D eigenvalue weighted by atomic mass is 9.65. The van der Waals surface area contributed by atoms with Gasteiger partial charge in [-0.15, -0.1) is 10.2 Å². The second kappa shape index (κ2) is 5.83. The van der Waals surface area contributed by atoms with E-state index in [1.54, 1.807) is 7.05 Å². The van der Waals surface area contributed by atoms with Crippen molar-refractivity contribution in [3.8, 4) is 0 Å². The number of aromatic nitrogens is 2. The van der Waals surface area contributed by atoms with Crippen molar-refractivity contribution < 1.29 is 9.59 Å². The molecule has 0 spiro atoms. The molecule has 22 heavy (non-hydrogen) atoms. The summed E-state index contributed by atoms with van der Waals surface area (Å²) in [5.41, 5.74) is 4.51. The first kappa shape index (κ1) is 16.7. The molecule has 1 aliphatic rings. The fraction of sp³-hybridized carbons (Fsp3) is 0.714. The molecule has 2 atom stereocenters. The highest BCUT2D eigenvalue weighted by molar-refractivity contribution is 7.15. The Bertz CT molecular complexity index is 586. The zero-order valence-electron chi connectivity index (χ0n) is 13.4. The lowest BCUT2D eigenvalue weighted by molar-refractivity contribution is -0.138. The Morgan fingerprint density at radius 1 is 1.36 bits per heavy atom. The Kier molecular flexibility index (Phi) is 4.42. The van der Waals surface area contributed by atoms with Crippen LogP contribution >= 0.6 is 11.3 Å². The smallest absolute Gasteiger partial charge is 0.226 e. The van der Waals surface area contributed by atoms with Crippen LogP contribution in [0.25, 0.3) is 0 Å². The highest BCUT2D eigenvalue weighted by Crippen LogP contribution is 2.56. The van der Waals surface area contributed by atoms with Crippen LogP contribution in [-0.2, 0) is 16.1 Å². The second-order valence-corrected chi connectivity index (χ2v) is 7.57. The second-order valence-electron chi connectivity index (χ2n) is 6.48. The number of anilines is 1. The SMILES string of the molecule is CNC(=O)[C@H]1CC[C@@](C)(C(=O)NCc2nnc(N)s2)C1(C)C. The molecule has 0 saturated heterocycles. The Morgan fingerprint density at radius 2 is 2.05 bits per heavy atom. The van der Waals surface area contributed by atoms with E-state index in [0.29, 0.717) is 29.5 Å². The van der Waals surface area contributed by atoms with Crippen molar-refractivity contribution in [2.45, 2.75) is 40.2 Å². The third-order valence-electron chi connectivity index (χ3n) is 5.17. The van der Waals surface area contributed by atoms with Crippen molar-refractivity contribution >= 4 is 28.3 Å². The number of nitrogen functional groups attached to an aromatic ring is 1. The van der Waals surface area contributed by atoms with E-state index in [4.69, 9.17) is 5.73 Å². The monoisotopic (exact) mass is 325 g/mol. The van der Waals surface area contributed by atoms with E-state index >= 15 is 0 Å². The molecule has 1 heterocycles. The lowest BCUT2D eigenvalue weighted by Gasteiger charge is -2.39. The minimum Gasteiger partial charge on any atom is -0.374 e. The summed E-state index contributed by atoms with van der Waals surface area (Å²) in [6.07, 6.45) is 1.39. The molecule has 1 aromatic heterocycles. The molecular formula is C14H23N5O2S. The normalized spacial score (nSPS) is 26.6. The summed E-state index contributed by atoms with van der Waals surface area (Å²) in [6, 6.07) is 0. The Balaban J connectivity index is 2.09. The molecule has 8 heteroatoms. The van der Waals surface area contributed by atoms with E-state index in [9.17, 15) is 9.59 Å². The minimum atomic E-state index is -0.597. The molecule has 0 aliphatic heterocycles. The highest BCUT2D eigenvalue weighted by atomic mass is 32.1. The number of nitrogens with two attached hydrogens (primary N) is 1. The number of carbonyl (C=O) groups excluding carboxylic acids is 2. The van der Waals surface area contributed by atoms with Gasteiger partial charge in [0.25, 0.3) is 0 Å². The van der Waals surface area contributed by atoms with E-state index in [1.807, 2.05) is 20.8 Å². The first-order valence-corrected chi connectivity index (χ1v) is 8.12. The number of nitrogens with zero attached hydrogens (tertiary/aromatic N) is 2. The van der Waals surface area contributed by atoms with Gasteiger partial charge < -0.3 is 16.4 Å². The van der Waals surface area contributed by atoms with Gasteiger partial charge >= 0.3 is 0 Å². The molecule has 0 unspecified atom stereocenters. The van der Waals surface area contributed by atoms with Crippen molar-refractivity contribution in [1.82, 2.24) is 20.8 Å². The summed E-state index contributed by atoms with van der Waals surface area (Å²) >= 11 is 1.26. The van der Waals surface area contributed by atoms with E-state index < -0.39 is 10.8 Å². The predicted molar refractivity (Wildman–Crippen MR) is 84.8 cm³/mol. The van der Waals surface area contributed by atoms with Crippen LogP contribution in [0.4, 0.5) is 5.13 Å². The quantitative estimate of drug-likeness (QED) is 0.762. The van der Waals surface area contributed by atoms with E-state index in [-0.39, 0.29) is 17.7 Å². The van der Waals surface area contributed by atoms with Gasteiger partial charge in [-0.1, -0.05) is 32.1 Å². The predicted octanol–water partition coefficient (Wildman–Crippen LogP) is 0.925. The number of hydrogen-bond donors (Lipinski definition) is 3. The molecule has 0 aromatic carbocycles. The summed E-state index contributed by atoms with van der Waals surface area (Å²) in [6.45, 7) is 6.22. The van der Waals surface area contributed by atoms with E-state index in [2.05, 4.69) is 20.8 Å². The van der Waals surface area contributed by atoms with Crippen molar-refractivity contribution in [3.05, 3.63) is 5.01 Å². The maximum atomic E-state index is 12.7. The van der Waals surface area contributed by atoms with Gasteiger partial charge in [0, 0.05) is 13.0 Å². The van der Waals surface area contributed by atoms with Gasteiger partial charge in [-0.3, -0.25) is 9.59 Å². The summed E-state index contributed by atoms with van der Waals surface area (Å²) in [5.74, 6) is -0.221. The van der Waals surface area contributed by atoms with Crippen molar-refractivity contribution in [3.63, 3.8) is 0 Å². The molecule has 0 bridgehead atoms. The van der Waals surface area contributed by atoms with Crippen LogP contribution in [0.1, 0.15) is 38.6 Å². The molecule has 1 aliphatic carbocycles. The number of amides is 2. The Labute approximate surface area is 134 Å². The first-order chi connectivity index (χ1) is 10.2. The van der Waals surface area contributed by atoms with Gasteiger partial charge in [0.05, 0.1) is 12.0 Å². The largest absolute Gasteiger partial charge is 0.374 e. The topological polar surface area (TPSA) is 110 Å². The van der Waals surface area contributed by atoms with Crippen LogP contribution in [0.15, 0.2) is 0 Å². The van der Waals surface area contributed by atoms with Crippen LogP contribution in [-0.4, -0.2) is 29.1 Å². The molecule has 122 valence electrons. The molecule has 1 saturated carbocycles. The minimum absolute atomic E-state index is 0.00146. The van der Waals surface area contributed by atoms with Gasteiger partial charge in [-0.25, -0.2) is 0 Å². The fourth-order valence-electron chi connectivity index (χ4n) is 3.23. The van der Waals surface area contributed by atoms with Gasteiger partial charge in [0.2, 0.25) is 16.9 Å². The molecule has 0 radical (unpaired) electrons. The number of hydrogen-bond acceptors (Lipinski definition) is 6. The van der Waals surface area contributed by atoms with Gasteiger partial charge in [0.1, 0.15) is 5.01 Å². The number of nitrogens with one attached hydrogen (secondary N) is 2. The van der Waals surface area contributed by atoms with Crippen LogP contribution in [0.2, 0.25) is 0 Å². The average Bonchev–Trinajstić information content (AvgIpc) is 2.98. The van der Waals surface area contributed by atoms with E-state index in [0.717, 1.165) is 0 Å². The number of carbonyl (C=O) groups is 2. The van der Waals surface area contributed by atoms with Crippen molar-refractivity contribution in [1.29, 1.82) is 0 Å². The Hall–Kier alpha value is -1.70. The summed E-state index contributed by atoms with van der Waals surface area (Å²) in [5, 5.41) is 14.3. The molecule has 2 amide bonds. The molecule has 7 nitrogen and oxygen atoms in total. The van der Waals surface area contributed by atoms with Gasteiger partial charge in [-0.2, -0.15) is 0 Å². The summed E-state index contributed by atoms with van der Waals surface area (Å²) in [7, 11) is 1.63. The highest BCUT2D eigenvalue weighted by Gasteiger charge is 2.57. The molecular weight excluding hydrogens is 302 g/mol.